The number of anilines is 2. The number of nitrogens with one attached hydrogen (secondary N) is 1. The van der Waals surface area contributed by atoms with Crippen LogP contribution in [0.5, 0.6) is 0 Å². The zero-order valence-electron chi connectivity index (χ0n) is 10.6. The second-order valence-corrected chi connectivity index (χ2v) is 5.39. The summed E-state index contributed by atoms with van der Waals surface area (Å²) in [6.07, 6.45) is 0. The SMILES string of the molecule is Cc1nc(C(C)C)sc1Nc1ccccc1N=O. The molecule has 0 saturated carbocycles. The Morgan fingerprint density at radius 3 is 2.67 bits per heavy atom. The van der Waals surface area contributed by atoms with Crippen LogP contribution in [-0.2, 0) is 0 Å². The number of nitroso groups, excluding NO2 is 1. The molecule has 1 aromatic heterocycles. The third-order valence-corrected chi connectivity index (χ3v) is 3.93. The molecular weight excluding hydrogens is 246 g/mol. The summed E-state index contributed by atoms with van der Waals surface area (Å²) in [5, 5.41) is 8.30. The van der Waals surface area contributed by atoms with E-state index in [-0.39, 0.29) is 0 Å². The number of rotatable bonds is 4. The second kappa shape index (κ2) is 5.27. The molecule has 0 aliphatic heterocycles. The Hall–Kier alpha value is -1.75. The van der Waals surface area contributed by atoms with Gasteiger partial charge in [-0.1, -0.05) is 26.0 Å². The van der Waals surface area contributed by atoms with Gasteiger partial charge in [0.25, 0.3) is 0 Å². The van der Waals surface area contributed by atoms with Crippen molar-refractivity contribution in [2.24, 2.45) is 5.18 Å². The quantitative estimate of drug-likeness (QED) is 0.810. The smallest absolute Gasteiger partial charge is 0.131 e. The minimum atomic E-state index is 0.406. The molecule has 0 atom stereocenters. The Bertz CT molecular complexity index is 563. The van der Waals surface area contributed by atoms with Crippen molar-refractivity contribution in [3.8, 4) is 0 Å². The number of aromatic nitrogens is 1. The Kier molecular flexibility index (Phi) is 3.72. The minimum absolute atomic E-state index is 0.406. The Labute approximate surface area is 110 Å². The molecule has 0 bridgehead atoms. The molecule has 18 heavy (non-hydrogen) atoms. The van der Waals surface area contributed by atoms with E-state index in [0.717, 1.165) is 21.4 Å². The van der Waals surface area contributed by atoms with Gasteiger partial charge in [0.05, 0.1) is 16.4 Å². The molecule has 0 unspecified atom stereocenters. The van der Waals surface area contributed by atoms with E-state index in [9.17, 15) is 4.91 Å². The van der Waals surface area contributed by atoms with E-state index in [1.165, 1.54) is 0 Å². The first kappa shape index (κ1) is 12.7. The van der Waals surface area contributed by atoms with Crippen molar-refractivity contribution in [3.05, 3.63) is 39.9 Å². The maximum atomic E-state index is 10.7. The summed E-state index contributed by atoms with van der Waals surface area (Å²) in [4.78, 5) is 15.2. The van der Waals surface area contributed by atoms with E-state index in [1.54, 1.807) is 23.5 Å². The monoisotopic (exact) mass is 261 g/mol. The molecule has 2 rings (SSSR count). The van der Waals surface area contributed by atoms with Crippen LogP contribution >= 0.6 is 11.3 Å². The first-order valence-corrected chi connectivity index (χ1v) is 6.60. The highest BCUT2D eigenvalue weighted by Crippen LogP contribution is 2.34. The maximum absolute atomic E-state index is 10.7. The molecule has 1 aromatic carbocycles. The van der Waals surface area contributed by atoms with Crippen LogP contribution in [-0.4, -0.2) is 4.98 Å². The summed E-state index contributed by atoms with van der Waals surface area (Å²) < 4.78 is 0. The second-order valence-electron chi connectivity index (χ2n) is 4.35. The van der Waals surface area contributed by atoms with Crippen LogP contribution < -0.4 is 5.32 Å². The molecule has 0 saturated heterocycles. The summed E-state index contributed by atoms with van der Waals surface area (Å²) in [7, 11) is 0. The summed E-state index contributed by atoms with van der Waals surface area (Å²) in [5.41, 5.74) is 2.08. The molecule has 0 aliphatic carbocycles. The van der Waals surface area contributed by atoms with Crippen molar-refractivity contribution in [2.45, 2.75) is 26.7 Å². The van der Waals surface area contributed by atoms with E-state index in [4.69, 9.17) is 0 Å². The Morgan fingerprint density at radius 2 is 2.06 bits per heavy atom. The molecule has 5 heteroatoms. The maximum Gasteiger partial charge on any atom is 0.131 e. The first-order chi connectivity index (χ1) is 8.61. The van der Waals surface area contributed by atoms with Gasteiger partial charge in [0.1, 0.15) is 10.7 Å². The lowest BCUT2D eigenvalue weighted by atomic mass is 10.2. The van der Waals surface area contributed by atoms with Crippen molar-refractivity contribution in [1.82, 2.24) is 4.98 Å². The number of hydrogen-bond donors (Lipinski definition) is 1. The van der Waals surface area contributed by atoms with Gasteiger partial charge in [0.15, 0.2) is 0 Å². The Morgan fingerprint density at radius 1 is 1.33 bits per heavy atom. The summed E-state index contributed by atoms with van der Waals surface area (Å²) in [5.74, 6) is 0.406. The van der Waals surface area contributed by atoms with Crippen molar-refractivity contribution < 1.29 is 0 Å². The summed E-state index contributed by atoms with van der Waals surface area (Å²) >= 11 is 1.62. The molecule has 1 N–H and O–H groups in total. The largest absolute Gasteiger partial charge is 0.344 e. The van der Waals surface area contributed by atoms with E-state index < -0.39 is 0 Å². The van der Waals surface area contributed by atoms with Gasteiger partial charge in [-0.25, -0.2) is 4.98 Å². The lowest BCUT2D eigenvalue weighted by Gasteiger charge is -2.05. The molecule has 1 heterocycles. The van der Waals surface area contributed by atoms with Gasteiger partial charge in [-0.2, -0.15) is 0 Å². The van der Waals surface area contributed by atoms with Gasteiger partial charge in [-0.3, -0.25) is 0 Å². The third-order valence-electron chi connectivity index (χ3n) is 2.56. The van der Waals surface area contributed by atoms with Gasteiger partial charge in [0.2, 0.25) is 0 Å². The Balaban J connectivity index is 2.31. The number of para-hydroxylation sites is 1. The highest BCUT2D eigenvalue weighted by Gasteiger charge is 2.11. The van der Waals surface area contributed by atoms with Crippen molar-refractivity contribution >= 4 is 27.7 Å². The predicted octanol–water partition coefficient (Wildman–Crippen LogP) is 4.72. The summed E-state index contributed by atoms with van der Waals surface area (Å²) in [6.45, 7) is 6.19. The van der Waals surface area contributed by atoms with E-state index >= 15 is 0 Å². The molecule has 0 spiro atoms. The van der Waals surface area contributed by atoms with E-state index in [1.807, 2.05) is 19.1 Å². The zero-order chi connectivity index (χ0) is 13.1. The van der Waals surface area contributed by atoms with Crippen LogP contribution in [0.15, 0.2) is 29.4 Å². The standard InChI is InChI=1S/C13H15N3OS/c1-8(2)12-14-9(3)13(18-12)15-10-6-4-5-7-11(10)16-17/h4-8,15H,1-3H3. The molecule has 2 aromatic rings. The summed E-state index contributed by atoms with van der Waals surface area (Å²) in [6, 6.07) is 7.19. The number of aryl methyl sites for hydroxylation is 1. The normalized spacial score (nSPS) is 10.7. The molecule has 94 valence electrons. The van der Waals surface area contributed by atoms with Crippen molar-refractivity contribution in [2.75, 3.05) is 5.32 Å². The third kappa shape index (κ3) is 2.56. The highest BCUT2D eigenvalue weighted by molar-refractivity contribution is 7.16. The van der Waals surface area contributed by atoms with E-state index in [2.05, 4.69) is 29.3 Å². The van der Waals surface area contributed by atoms with Crippen molar-refractivity contribution in [3.63, 3.8) is 0 Å². The molecule has 0 radical (unpaired) electrons. The fourth-order valence-corrected chi connectivity index (χ4v) is 2.54. The number of benzene rings is 1. The topological polar surface area (TPSA) is 54.4 Å². The lowest BCUT2D eigenvalue weighted by Crippen LogP contribution is -1.89. The van der Waals surface area contributed by atoms with Crippen LogP contribution in [0.2, 0.25) is 0 Å². The van der Waals surface area contributed by atoms with Gasteiger partial charge in [-0.05, 0) is 24.2 Å². The van der Waals surface area contributed by atoms with Crippen LogP contribution in [0.25, 0.3) is 0 Å². The highest BCUT2D eigenvalue weighted by atomic mass is 32.1. The number of hydrogen-bond acceptors (Lipinski definition) is 5. The number of nitrogens with zero attached hydrogens (tertiary/aromatic N) is 2. The van der Waals surface area contributed by atoms with Crippen LogP contribution in [0.1, 0.15) is 30.5 Å². The predicted molar refractivity (Wildman–Crippen MR) is 76.1 cm³/mol. The molecule has 0 amide bonds. The average Bonchev–Trinajstić information content (AvgIpc) is 2.72. The number of thiazole rings is 1. The van der Waals surface area contributed by atoms with Gasteiger partial charge in [-0.15, -0.1) is 16.2 Å². The molecule has 0 aliphatic rings. The van der Waals surface area contributed by atoms with Gasteiger partial charge in [0, 0.05) is 5.92 Å². The average molecular weight is 261 g/mol. The lowest BCUT2D eigenvalue weighted by molar-refractivity contribution is 0.847. The molecular formula is C13H15N3OS. The van der Waals surface area contributed by atoms with Crippen LogP contribution in [0, 0.1) is 11.8 Å². The fourth-order valence-electron chi connectivity index (χ4n) is 1.56. The van der Waals surface area contributed by atoms with Crippen LogP contribution in [0.4, 0.5) is 16.4 Å². The van der Waals surface area contributed by atoms with Gasteiger partial charge >= 0.3 is 0 Å². The van der Waals surface area contributed by atoms with Crippen LogP contribution in [0.3, 0.4) is 0 Å². The van der Waals surface area contributed by atoms with E-state index in [0.29, 0.717) is 11.6 Å². The fraction of sp³-hybridized carbons (Fsp3) is 0.308. The molecule has 0 fully saturated rings. The van der Waals surface area contributed by atoms with Gasteiger partial charge < -0.3 is 5.32 Å². The zero-order valence-corrected chi connectivity index (χ0v) is 11.4. The first-order valence-electron chi connectivity index (χ1n) is 5.78. The minimum Gasteiger partial charge on any atom is -0.344 e. The van der Waals surface area contributed by atoms with Crippen molar-refractivity contribution in [1.29, 1.82) is 0 Å². The molecule has 4 nitrogen and oxygen atoms in total.